The number of carbonyl (C=O) groups is 1. The number of carbonyl (C=O) groups excluding carboxylic acids is 1. The number of aryl methyl sites for hydroxylation is 1. The quantitative estimate of drug-likeness (QED) is 0.499. The Balaban J connectivity index is 1.29. The summed E-state index contributed by atoms with van der Waals surface area (Å²) in [6, 6.07) is 15.9. The fourth-order valence-corrected chi connectivity index (χ4v) is 4.31. The monoisotopic (exact) mass is 411 g/mol. The van der Waals surface area contributed by atoms with Gasteiger partial charge in [-0.2, -0.15) is 0 Å². The molecule has 1 amide bonds. The molecule has 0 bridgehead atoms. The normalized spacial score (nSPS) is 15.8. The molecule has 6 nitrogen and oxygen atoms in total. The standard InChI is InChI=1S/C25H21N3O3/c1-15-2-4-19(12-20(15)17-10-16-6-9-26-23(16)27-13-17)28-24(29)25(7-8-25)18-3-5-21-22(11-18)31-14-30-21/h2-6,9-13H,7-8,14H2,1H3,(H,26,27)(H,28,29). The molecule has 2 aromatic heterocycles. The number of fused-ring (bicyclic) bond motifs is 2. The Morgan fingerprint density at radius 1 is 1.06 bits per heavy atom. The van der Waals surface area contributed by atoms with E-state index >= 15 is 0 Å². The third-order valence-corrected chi connectivity index (χ3v) is 6.32. The molecular weight excluding hydrogens is 390 g/mol. The molecule has 31 heavy (non-hydrogen) atoms. The Kier molecular flexibility index (Phi) is 3.84. The molecule has 2 aromatic carbocycles. The highest BCUT2D eigenvalue weighted by Gasteiger charge is 2.51. The molecular formula is C25H21N3O3. The van der Waals surface area contributed by atoms with Crippen molar-refractivity contribution in [3.63, 3.8) is 0 Å². The highest BCUT2D eigenvalue weighted by atomic mass is 16.7. The third kappa shape index (κ3) is 2.94. The first-order valence-corrected chi connectivity index (χ1v) is 10.4. The van der Waals surface area contributed by atoms with Crippen molar-refractivity contribution in [1.82, 2.24) is 9.97 Å². The van der Waals surface area contributed by atoms with Gasteiger partial charge in [-0.05, 0) is 72.9 Å². The first kappa shape index (κ1) is 18.0. The van der Waals surface area contributed by atoms with Crippen LogP contribution in [0.5, 0.6) is 11.5 Å². The van der Waals surface area contributed by atoms with Crippen LogP contribution in [0.15, 0.2) is 60.9 Å². The van der Waals surface area contributed by atoms with Crippen molar-refractivity contribution in [3.8, 4) is 22.6 Å². The molecule has 1 saturated carbocycles. The number of aromatic amines is 1. The predicted octanol–water partition coefficient (Wildman–Crippen LogP) is 4.94. The van der Waals surface area contributed by atoms with Gasteiger partial charge in [0.15, 0.2) is 11.5 Å². The van der Waals surface area contributed by atoms with Crippen molar-refractivity contribution in [2.75, 3.05) is 12.1 Å². The van der Waals surface area contributed by atoms with E-state index in [9.17, 15) is 4.79 Å². The molecule has 2 aliphatic rings. The van der Waals surface area contributed by atoms with Gasteiger partial charge in [-0.1, -0.05) is 12.1 Å². The van der Waals surface area contributed by atoms with Gasteiger partial charge >= 0.3 is 0 Å². The van der Waals surface area contributed by atoms with Crippen molar-refractivity contribution < 1.29 is 14.3 Å². The SMILES string of the molecule is Cc1ccc(NC(=O)C2(c3ccc4c(c3)OCO4)CC2)cc1-c1cnc2[nH]ccc2c1. The highest BCUT2D eigenvalue weighted by Crippen LogP contribution is 2.51. The Labute approximate surface area is 179 Å². The van der Waals surface area contributed by atoms with Crippen LogP contribution < -0.4 is 14.8 Å². The van der Waals surface area contributed by atoms with E-state index in [1.54, 1.807) is 0 Å². The second-order valence-electron chi connectivity index (χ2n) is 8.27. The van der Waals surface area contributed by atoms with Gasteiger partial charge in [-0.15, -0.1) is 0 Å². The lowest BCUT2D eigenvalue weighted by Crippen LogP contribution is -2.27. The lowest BCUT2D eigenvalue weighted by molar-refractivity contribution is -0.118. The van der Waals surface area contributed by atoms with Gasteiger partial charge in [0.1, 0.15) is 5.65 Å². The minimum atomic E-state index is -0.502. The summed E-state index contributed by atoms with van der Waals surface area (Å²) in [4.78, 5) is 20.9. The van der Waals surface area contributed by atoms with Gasteiger partial charge in [0.05, 0.1) is 5.41 Å². The molecule has 1 fully saturated rings. The second kappa shape index (κ2) is 6.60. The van der Waals surface area contributed by atoms with Crippen LogP contribution in [0.1, 0.15) is 24.0 Å². The van der Waals surface area contributed by atoms with Gasteiger partial charge in [-0.25, -0.2) is 4.98 Å². The molecule has 6 rings (SSSR count). The van der Waals surface area contributed by atoms with E-state index < -0.39 is 5.41 Å². The van der Waals surface area contributed by atoms with E-state index in [1.807, 2.05) is 54.9 Å². The van der Waals surface area contributed by atoms with E-state index in [4.69, 9.17) is 9.47 Å². The van der Waals surface area contributed by atoms with E-state index in [-0.39, 0.29) is 12.7 Å². The maximum atomic E-state index is 13.3. The average Bonchev–Trinajstić information content (AvgIpc) is 3.24. The van der Waals surface area contributed by atoms with Crippen LogP contribution >= 0.6 is 0 Å². The Morgan fingerprint density at radius 3 is 2.81 bits per heavy atom. The summed E-state index contributed by atoms with van der Waals surface area (Å²) < 4.78 is 10.9. The minimum Gasteiger partial charge on any atom is -0.454 e. The molecule has 4 aromatic rings. The van der Waals surface area contributed by atoms with Gasteiger partial charge in [0, 0.05) is 29.0 Å². The van der Waals surface area contributed by atoms with Crippen molar-refractivity contribution in [1.29, 1.82) is 0 Å². The third-order valence-electron chi connectivity index (χ3n) is 6.32. The Morgan fingerprint density at radius 2 is 1.94 bits per heavy atom. The van der Waals surface area contributed by atoms with E-state index in [0.29, 0.717) is 5.75 Å². The van der Waals surface area contributed by atoms with E-state index in [1.165, 1.54) is 0 Å². The van der Waals surface area contributed by atoms with Crippen LogP contribution in [-0.2, 0) is 10.2 Å². The number of anilines is 1. The van der Waals surface area contributed by atoms with Crippen molar-refractivity contribution >= 4 is 22.6 Å². The van der Waals surface area contributed by atoms with Crippen LogP contribution in [0.25, 0.3) is 22.2 Å². The van der Waals surface area contributed by atoms with E-state index in [2.05, 4.69) is 28.3 Å². The summed E-state index contributed by atoms with van der Waals surface area (Å²) in [5.41, 5.74) is 5.34. The number of nitrogens with zero attached hydrogens (tertiary/aromatic N) is 1. The van der Waals surface area contributed by atoms with Crippen LogP contribution in [-0.4, -0.2) is 22.7 Å². The zero-order valence-corrected chi connectivity index (χ0v) is 17.1. The second-order valence-corrected chi connectivity index (χ2v) is 8.27. The summed E-state index contributed by atoms with van der Waals surface area (Å²) in [7, 11) is 0. The molecule has 154 valence electrons. The molecule has 1 aliphatic heterocycles. The van der Waals surface area contributed by atoms with Crippen LogP contribution in [0.2, 0.25) is 0 Å². The number of hydrogen-bond acceptors (Lipinski definition) is 4. The zero-order valence-electron chi connectivity index (χ0n) is 17.1. The van der Waals surface area contributed by atoms with Gasteiger partial charge in [0.25, 0.3) is 0 Å². The summed E-state index contributed by atoms with van der Waals surface area (Å²) in [5, 5.41) is 4.20. The maximum absolute atomic E-state index is 13.3. The number of aromatic nitrogens is 2. The molecule has 0 saturated heterocycles. The summed E-state index contributed by atoms with van der Waals surface area (Å²) in [5.74, 6) is 1.46. The Hall–Kier alpha value is -3.80. The number of amides is 1. The average molecular weight is 411 g/mol. The fraction of sp³-hybridized carbons (Fsp3) is 0.200. The first-order valence-electron chi connectivity index (χ1n) is 10.4. The molecule has 2 N–H and O–H groups in total. The molecule has 3 heterocycles. The van der Waals surface area contributed by atoms with Crippen molar-refractivity contribution in [3.05, 3.63) is 72.1 Å². The summed E-state index contributed by atoms with van der Waals surface area (Å²) in [6.45, 7) is 2.30. The lowest BCUT2D eigenvalue weighted by Gasteiger charge is -2.17. The molecule has 0 spiro atoms. The topological polar surface area (TPSA) is 76.2 Å². The number of nitrogens with one attached hydrogen (secondary N) is 2. The number of ether oxygens (including phenoxy) is 2. The fourth-order valence-electron chi connectivity index (χ4n) is 4.31. The van der Waals surface area contributed by atoms with Gasteiger partial charge in [-0.3, -0.25) is 4.79 Å². The number of rotatable bonds is 4. The summed E-state index contributed by atoms with van der Waals surface area (Å²) in [6.07, 6.45) is 5.40. The number of hydrogen-bond donors (Lipinski definition) is 2. The zero-order chi connectivity index (χ0) is 21.0. The highest BCUT2D eigenvalue weighted by molar-refractivity contribution is 6.02. The first-order chi connectivity index (χ1) is 15.1. The van der Waals surface area contributed by atoms with Crippen LogP contribution in [0, 0.1) is 6.92 Å². The smallest absolute Gasteiger partial charge is 0.235 e. The van der Waals surface area contributed by atoms with Crippen LogP contribution in [0.4, 0.5) is 5.69 Å². The Bertz CT molecular complexity index is 1340. The van der Waals surface area contributed by atoms with Crippen molar-refractivity contribution in [2.45, 2.75) is 25.2 Å². The number of benzene rings is 2. The molecule has 0 radical (unpaired) electrons. The molecule has 1 aliphatic carbocycles. The van der Waals surface area contributed by atoms with E-state index in [0.717, 1.165) is 57.6 Å². The maximum Gasteiger partial charge on any atom is 0.235 e. The molecule has 6 heteroatoms. The lowest BCUT2D eigenvalue weighted by atomic mass is 9.94. The molecule has 0 atom stereocenters. The predicted molar refractivity (Wildman–Crippen MR) is 118 cm³/mol. The number of H-pyrrole nitrogens is 1. The van der Waals surface area contributed by atoms with Crippen molar-refractivity contribution in [2.24, 2.45) is 0 Å². The largest absolute Gasteiger partial charge is 0.454 e. The van der Waals surface area contributed by atoms with Crippen LogP contribution in [0.3, 0.4) is 0 Å². The minimum absolute atomic E-state index is 0.0142. The van der Waals surface area contributed by atoms with Gasteiger partial charge in [0.2, 0.25) is 12.7 Å². The van der Waals surface area contributed by atoms with Gasteiger partial charge < -0.3 is 19.8 Å². The molecule has 0 unspecified atom stereocenters. The number of pyridine rings is 1. The summed E-state index contributed by atoms with van der Waals surface area (Å²) >= 11 is 0.